The van der Waals surface area contributed by atoms with E-state index in [-0.39, 0.29) is 0 Å². The molecule has 0 radical (unpaired) electrons. The van der Waals surface area contributed by atoms with Crippen molar-refractivity contribution in [3.63, 3.8) is 0 Å². The van der Waals surface area contributed by atoms with Crippen molar-refractivity contribution < 1.29 is 0 Å². The van der Waals surface area contributed by atoms with E-state index < -0.39 is 0 Å². The molecule has 52 valence electrons. The Morgan fingerprint density at radius 2 is 2.60 bits per heavy atom. The Kier molecular flexibility index (Phi) is 1.43. The molecule has 1 aromatic rings. The minimum Gasteiger partial charge on any atom is -0.367 e. The summed E-state index contributed by atoms with van der Waals surface area (Å²) in [5.74, 6) is 1.95. The third-order valence-corrected chi connectivity index (χ3v) is 2.27. The number of anilines is 1. The lowest BCUT2D eigenvalue weighted by molar-refractivity contribution is 0.834. The van der Waals surface area contributed by atoms with Gasteiger partial charge in [0, 0.05) is 12.3 Å². The number of thioether (sulfide) groups is 1. The largest absolute Gasteiger partial charge is 0.367 e. The molecule has 1 aliphatic heterocycles. The molecule has 1 aromatic heterocycles. The maximum absolute atomic E-state index is 3.83. The zero-order chi connectivity index (χ0) is 6.81. The molecule has 0 saturated heterocycles. The van der Waals surface area contributed by atoms with Crippen LogP contribution in [0.15, 0.2) is 11.1 Å². The summed E-state index contributed by atoms with van der Waals surface area (Å²) < 4.78 is 0. The van der Waals surface area contributed by atoms with Gasteiger partial charge in [-0.3, -0.25) is 0 Å². The fourth-order valence-corrected chi connectivity index (χ4v) is 1.61. The molecule has 0 unspecified atom stereocenters. The van der Waals surface area contributed by atoms with Crippen LogP contribution in [0.2, 0.25) is 0 Å². The molecule has 2 heterocycles. The van der Waals surface area contributed by atoms with Crippen LogP contribution in [0.4, 0.5) is 5.82 Å². The van der Waals surface area contributed by atoms with Gasteiger partial charge < -0.3 is 5.32 Å². The topological polar surface area (TPSA) is 50.7 Å². The van der Waals surface area contributed by atoms with E-state index >= 15 is 0 Å². The second-order valence-electron chi connectivity index (χ2n) is 1.92. The van der Waals surface area contributed by atoms with Gasteiger partial charge in [-0.15, -0.1) is 22.0 Å². The predicted molar refractivity (Wildman–Crippen MR) is 39.0 cm³/mol. The van der Waals surface area contributed by atoms with Gasteiger partial charge in [-0.25, -0.2) is 0 Å². The molecule has 0 bridgehead atoms. The van der Waals surface area contributed by atoms with Crippen LogP contribution in [-0.4, -0.2) is 27.7 Å². The van der Waals surface area contributed by atoms with Crippen LogP contribution in [0, 0.1) is 0 Å². The minimum absolute atomic E-state index is 0.867. The molecule has 5 heteroatoms. The molecule has 0 fully saturated rings. The molecule has 0 saturated carbocycles. The first-order valence-electron chi connectivity index (χ1n) is 3.02. The molecule has 10 heavy (non-hydrogen) atoms. The van der Waals surface area contributed by atoms with E-state index in [0.29, 0.717) is 0 Å². The van der Waals surface area contributed by atoms with Gasteiger partial charge in [-0.05, 0) is 5.21 Å². The summed E-state index contributed by atoms with van der Waals surface area (Å²) in [7, 11) is 0. The van der Waals surface area contributed by atoms with E-state index in [0.717, 1.165) is 23.0 Å². The second kappa shape index (κ2) is 2.42. The van der Waals surface area contributed by atoms with Gasteiger partial charge in [0.25, 0.3) is 0 Å². The number of aromatic nitrogens is 3. The van der Waals surface area contributed by atoms with Gasteiger partial charge >= 0.3 is 0 Å². The Morgan fingerprint density at radius 3 is 3.50 bits per heavy atom. The molecule has 1 N–H and O–H groups in total. The van der Waals surface area contributed by atoms with Crippen molar-refractivity contribution in [2.45, 2.75) is 4.90 Å². The van der Waals surface area contributed by atoms with Crippen LogP contribution >= 0.6 is 11.8 Å². The number of hydrogen-bond acceptors (Lipinski definition) is 5. The average Bonchev–Trinajstić information content (AvgIpc) is 2.05. The number of hydrogen-bond donors (Lipinski definition) is 1. The molecule has 1 aliphatic rings. The summed E-state index contributed by atoms with van der Waals surface area (Å²) in [5, 5.41) is 14.2. The molecule has 0 atom stereocenters. The van der Waals surface area contributed by atoms with Crippen LogP contribution in [0.1, 0.15) is 0 Å². The molecule has 0 amide bonds. The van der Waals surface area contributed by atoms with Crippen molar-refractivity contribution in [3.8, 4) is 0 Å². The Hall–Kier alpha value is -0.840. The molecule has 0 spiro atoms. The smallest absolute Gasteiger partial charge is 0.165 e. The number of nitrogens with zero attached hydrogens (tertiary/aromatic N) is 3. The highest BCUT2D eigenvalue weighted by Crippen LogP contribution is 2.26. The minimum atomic E-state index is 0.867. The highest BCUT2D eigenvalue weighted by Gasteiger charge is 2.09. The standard InChI is InChI=1S/C5H6N4S/c1-2-10-4-3-7-9-8-5(4)6-1/h3H,1-2H2,(H,6,7,8). The normalized spacial score (nSPS) is 15.6. The van der Waals surface area contributed by atoms with Gasteiger partial charge in [0.2, 0.25) is 0 Å². The van der Waals surface area contributed by atoms with Crippen LogP contribution in [0.3, 0.4) is 0 Å². The zero-order valence-electron chi connectivity index (χ0n) is 5.24. The summed E-state index contributed by atoms with van der Waals surface area (Å²) in [6.45, 7) is 0.969. The SMILES string of the molecule is c1nnnc2c1SCCN2. The summed E-state index contributed by atoms with van der Waals surface area (Å²) in [5.41, 5.74) is 0. The van der Waals surface area contributed by atoms with Gasteiger partial charge in [-0.2, -0.15) is 0 Å². The first kappa shape index (κ1) is 5.91. The van der Waals surface area contributed by atoms with Crippen molar-refractivity contribution in [1.29, 1.82) is 0 Å². The van der Waals surface area contributed by atoms with E-state index in [1.165, 1.54) is 0 Å². The molecule has 0 aliphatic carbocycles. The fourth-order valence-electron chi connectivity index (χ4n) is 0.818. The van der Waals surface area contributed by atoms with E-state index in [2.05, 4.69) is 20.7 Å². The third kappa shape index (κ3) is 0.923. The van der Waals surface area contributed by atoms with Gasteiger partial charge in [-0.1, -0.05) is 0 Å². The van der Waals surface area contributed by atoms with Crippen LogP contribution in [0.5, 0.6) is 0 Å². The molecule has 4 nitrogen and oxygen atoms in total. The van der Waals surface area contributed by atoms with Crippen molar-refractivity contribution in [2.75, 3.05) is 17.6 Å². The molecular weight excluding hydrogens is 148 g/mol. The van der Waals surface area contributed by atoms with Crippen molar-refractivity contribution in [2.24, 2.45) is 0 Å². The number of nitrogens with one attached hydrogen (secondary N) is 1. The summed E-state index contributed by atoms with van der Waals surface area (Å²) in [6.07, 6.45) is 1.74. The van der Waals surface area contributed by atoms with Gasteiger partial charge in [0.05, 0.1) is 11.1 Å². The van der Waals surface area contributed by atoms with Crippen molar-refractivity contribution in [1.82, 2.24) is 15.4 Å². The maximum Gasteiger partial charge on any atom is 0.165 e. The first-order chi connectivity index (χ1) is 4.97. The van der Waals surface area contributed by atoms with Crippen LogP contribution < -0.4 is 5.32 Å². The number of fused-ring (bicyclic) bond motifs is 1. The van der Waals surface area contributed by atoms with E-state index in [4.69, 9.17) is 0 Å². The van der Waals surface area contributed by atoms with Crippen molar-refractivity contribution in [3.05, 3.63) is 6.20 Å². The third-order valence-electron chi connectivity index (χ3n) is 1.26. The quantitative estimate of drug-likeness (QED) is 0.585. The summed E-state index contributed by atoms with van der Waals surface area (Å²) in [4.78, 5) is 1.10. The highest BCUT2D eigenvalue weighted by molar-refractivity contribution is 7.99. The molecule has 2 rings (SSSR count). The number of rotatable bonds is 0. The fraction of sp³-hybridized carbons (Fsp3) is 0.400. The predicted octanol–water partition coefficient (Wildman–Crippen LogP) is 0.389. The summed E-state index contributed by atoms with van der Waals surface area (Å²) >= 11 is 1.76. The summed E-state index contributed by atoms with van der Waals surface area (Å²) in [6, 6.07) is 0. The van der Waals surface area contributed by atoms with Crippen LogP contribution in [0.25, 0.3) is 0 Å². The Bertz CT molecular complexity index is 214. The van der Waals surface area contributed by atoms with E-state index in [1.54, 1.807) is 18.0 Å². The highest BCUT2D eigenvalue weighted by atomic mass is 32.2. The Labute approximate surface area is 62.4 Å². The lowest BCUT2D eigenvalue weighted by Crippen LogP contribution is -2.12. The second-order valence-corrected chi connectivity index (χ2v) is 3.06. The zero-order valence-corrected chi connectivity index (χ0v) is 6.06. The maximum atomic E-state index is 3.83. The molecule has 0 aromatic carbocycles. The van der Waals surface area contributed by atoms with Gasteiger partial charge in [0.15, 0.2) is 5.82 Å². The Balaban J connectivity index is 2.41. The lowest BCUT2D eigenvalue weighted by atomic mass is 10.5. The Morgan fingerprint density at radius 1 is 1.60 bits per heavy atom. The monoisotopic (exact) mass is 154 g/mol. The first-order valence-corrected chi connectivity index (χ1v) is 4.00. The lowest BCUT2D eigenvalue weighted by Gasteiger charge is -2.12. The van der Waals surface area contributed by atoms with Crippen molar-refractivity contribution >= 4 is 17.6 Å². The molecular formula is C5H6N4S. The van der Waals surface area contributed by atoms with E-state index in [9.17, 15) is 0 Å². The van der Waals surface area contributed by atoms with E-state index in [1.807, 2.05) is 0 Å². The van der Waals surface area contributed by atoms with Gasteiger partial charge in [0.1, 0.15) is 0 Å². The van der Waals surface area contributed by atoms with Crippen LogP contribution in [-0.2, 0) is 0 Å². The average molecular weight is 154 g/mol.